The van der Waals surface area contributed by atoms with Crippen molar-refractivity contribution in [3.63, 3.8) is 0 Å². The largest absolute Gasteiger partial charge is 0.480 e. The molecular formula is C17H22N4O3S. The minimum Gasteiger partial charge on any atom is -0.480 e. The van der Waals surface area contributed by atoms with Crippen LogP contribution in [0.15, 0.2) is 12.3 Å². The number of likely N-dealkylation sites (tertiary alicyclic amines) is 1. The molecule has 3 rings (SSSR count). The summed E-state index contributed by atoms with van der Waals surface area (Å²) in [6.07, 6.45) is 3.87. The van der Waals surface area contributed by atoms with E-state index in [2.05, 4.69) is 10.1 Å². The molecule has 1 N–H and O–H groups in total. The molecule has 2 aromatic rings. The maximum Gasteiger partial charge on any atom is 0.325 e. The van der Waals surface area contributed by atoms with Crippen molar-refractivity contribution in [3.8, 4) is 0 Å². The van der Waals surface area contributed by atoms with Gasteiger partial charge in [0.25, 0.3) is 0 Å². The number of carbonyl (C=O) groups excluding carboxylic acids is 1. The average Bonchev–Trinajstić information content (AvgIpc) is 3.13. The van der Waals surface area contributed by atoms with Gasteiger partial charge in [-0.25, -0.2) is 4.98 Å². The van der Waals surface area contributed by atoms with Crippen molar-refractivity contribution in [2.45, 2.75) is 45.6 Å². The van der Waals surface area contributed by atoms with Crippen molar-refractivity contribution in [2.24, 2.45) is 0 Å². The van der Waals surface area contributed by atoms with Crippen molar-refractivity contribution < 1.29 is 14.7 Å². The van der Waals surface area contributed by atoms with Crippen molar-refractivity contribution >= 4 is 23.2 Å². The quantitative estimate of drug-likeness (QED) is 0.879. The highest BCUT2D eigenvalue weighted by atomic mass is 32.1. The maximum absolute atomic E-state index is 12.7. The molecular weight excluding hydrogens is 340 g/mol. The topological polar surface area (TPSA) is 88.3 Å². The predicted octanol–water partition coefficient (Wildman–Crippen LogP) is 1.99. The molecule has 0 radical (unpaired) electrons. The van der Waals surface area contributed by atoms with Gasteiger partial charge in [0.2, 0.25) is 5.91 Å². The molecule has 1 amide bonds. The Hall–Kier alpha value is -2.22. The predicted molar refractivity (Wildman–Crippen MR) is 93.7 cm³/mol. The summed E-state index contributed by atoms with van der Waals surface area (Å²) >= 11 is 1.58. The van der Waals surface area contributed by atoms with Gasteiger partial charge in [-0.2, -0.15) is 5.10 Å². The Labute approximate surface area is 150 Å². The molecule has 134 valence electrons. The van der Waals surface area contributed by atoms with Gasteiger partial charge in [0.15, 0.2) is 0 Å². The smallest absolute Gasteiger partial charge is 0.325 e. The molecule has 2 aromatic heterocycles. The van der Waals surface area contributed by atoms with E-state index in [-0.39, 0.29) is 18.4 Å². The zero-order chi connectivity index (χ0) is 18.0. The summed E-state index contributed by atoms with van der Waals surface area (Å²) in [6.45, 7) is 5.11. The van der Waals surface area contributed by atoms with Crippen LogP contribution in [0.5, 0.6) is 0 Å². The summed E-state index contributed by atoms with van der Waals surface area (Å²) in [6, 6.07) is 1.86. The number of thiazole rings is 1. The first-order valence-corrected chi connectivity index (χ1v) is 9.20. The first-order chi connectivity index (χ1) is 11.9. The van der Waals surface area contributed by atoms with E-state index in [4.69, 9.17) is 5.11 Å². The number of carbonyl (C=O) groups is 2. The van der Waals surface area contributed by atoms with E-state index in [0.29, 0.717) is 13.0 Å². The molecule has 1 aliphatic heterocycles. The lowest BCUT2D eigenvalue weighted by Crippen LogP contribution is -2.40. The second-order valence-electron chi connectivity index (χ2n) is 6.40. The van der Waals surface area contributed by atoms with E-state index in [1.807, 2.05) is 24.8 Å². The zero-order valence-electron chi connectivity index (χ0n) is 14.4. The van der Waals surface area contributed by atoms with Crippen LogP contribution in [0.3, 0.4) is 0 Å². The summed E-state index contributed by atoms with van der Waals surface area (Å²) in [4.78, 5) is 31.0. The van der Waals surface area contributed by atoms with E-state index in [1.54, 1.807) is 17.5 Å². The Morgan fingerprint density at radius 1 is 1.40 bits per heavy atom. The summed E-state index contributed by atoms with van der Waals surface area (Å²) in [5.74, 6) is -0.672. The molecule has 0 saturated carbocycles. The third-order valence-corrected chi connectivity index (χ3v) is 5.61. The van der Waals surface area contributed by atoms with Crippen LogP contribution >= 0.6 is 11.3 Å². The average molecular weight is 362 g/mol. The van der Waals surface area contributed by atoms with E-state index < -0.39 is 5.97 Å². The van der Waals surface area contributed by atoms with Crippen molar-refractivity contribution in [1.29, 1.82) is 0 Å². The molecule has 25 heavy (non-hydrogen) atoms. The van der Waals surface area contributed by atoms with Crippen LogP contribution in [0, 0.1) is 13.8 Å². The number of hydrogen-bond acceptors (Lipinski definition) is 5. The third-order valence-electron chi connectivity index (χ3n) is 4.54. The lowest BCUT2D eigenvalue weighted by Gasteiger charge is -2.33. The zero-order valence-corrected chi connectivity index (χ0v) is 15.3. The number of carboxylic acids is 1. The SMILES string of the molecule is Cc1nc(C)c(CC(=O)N2CCC[C@H](c3ccnn3CC(=O)O)C2)s1. The number of rotatable bonds is 5. The van der Waals surface area contributed by atoms with Gasteiger partial charge in [-0.3, -0.25) is 14.3 Å². The van der Waals surface area contributed by atoms with Gasteiger partial charge in [0, 0.05) is 35.8 Å². The van der Waals surface area contributed by atoms with Gasteiger partial charge < -0.3 is 10.0 Å². The van der Waals surface area contributed by atoms with E-state index >= 15 is 0 Å². The number of hydrogen-bond donors (Lipinski definition) is 1. The fourth-order valence-electron chi connectivity index (χ4n) is 3.38. The molecule has 0 aromatic carbocycles. The van der Waals surface area contributed by atoms with E-state index in [0.717, 1.165) is 40.7 Å². The highest BCUT2D eigenvalue weighted by Gasteiger charge is 2.27. The second-order valence-corrected chi connectivity index (χ2v) is 7.69. The van der Waals surface area contributed by atoms with E-state index in [9.17, 15) is 9.59 Å². The highest BCUT2D eigenvalue weighted by molar-refractivity contribution is 7.11. The molecule has 1 aliphatic rings. The Balaban J connectivity index is 1.69. The first-order valence-electron chi connectivity index (χ1n) is 8.38. The summed E-state index contributed by atoms with van der Waals surface area (Å²) in [5.41, 5.74) is 1.83. The third kappa shape index (κ3) is 4.07. The fraction of sp³-hybridized carbons (Fsp3) is 0.529. The first kappa shape index (κ1) is 17.6. The number of aliphatic carboxylic acids is 1. The molecule has 3 heterocycles. The lowest BCUT2D eigenvalue weighted by atomic mass is 9.94. The normalized spacial score (nSPS) is 17.7. The fourth-order valence-corrected chi connectivity index (χ4v) is 4.31. The number of aryl methyl sites for hydroxylation is 2. The van der Waals surface area contributed by atoms with Gasteiger partial charge in [-0.05, 0) is 32.8 Å². The minimum atomic E-state index is -0.912. The van der Waals surface area contributed by atoms with Crippen LogP contribution in [0.2, 0.25) is 0 Å². The van der Waals surface area contributed by atoms with Crippen LogP contribution < -0.4 is 0 Å². The molecule has 0 spiro atoms. The molecule has 0 unspecified atom stereocenters. The number of piperidine rings is 1. The van der Waals surface area contributed by atoms with Gasteiger partial charge in [0.05, 0.1) is 17.1 Å². The summed E-state index contributed by atoms with van der Waals surface area (Å²) in [5, 5.41) is 14.1. The van der Waals surface area contributed by atoms with Crippen LogP contribution in [-0.2, 0) is 22.6 Å². The number of aromatic nitrogens is 3. The Morgan fingerprint density at radius 2 is 2.20 bits per heavy atom. The van der Waals surface area contributed by atoms with Crippen molar-refractivity contribution in [3.05, 3.63) is 33.5 Å². The Kier molecular flexibility index (Phi) is 5.17. The number of nitrogens with zero attached hydrogens (tertiary/aromatic N) is 4. The standard InChI is InChI=1S/C17H22N4O3S/c1-11-15(25-12(2)19-11)8-16(22)20-7-3-4-13(9-20)14-5-6-18-21(14)10-17(23)24/h5-6,13H,3-4,7-10H2,1-2H3,(H,23,24)/t13-/m0/s1. The van der Waals surface area contributed by atoms with Gasteiger partial charge in [0.1, 0.15) is 6.54 Å². The second kappa shape index (κ2) is 7.35. The van der Waals surface area contributed by atoms with Crippen molar-refractivity contribution in [2.75, 3.05) is 13.1 Å². The minimum absolute atomic E-state index is 0.112. The summed E-state index contributed by atoms with van der Waals surface area (Å²) < 4.78 is 1.53. The van der Waals surface area contributed by atoms with Crippen molar-refractivity contribution in [1.82, 2.24) is 19.7 Å². The maximum atomic E-state index is 12.7. The lowest BCUT2D eigenvalue weighted by molar-refractivity contribution is -0.138. The van der Waals surface area contributed by atoms with Crippen LogP contribution in [-0.4, -0.2) is 49.7 Å². The number of amides is 1. The van der Waals surface area contributed by atoms with Gasteiger partial charge >= 0.3 is 5.97 Å². The highest BCUT2D eigenvalue weighted by Crippen LogP contribution is 2.28. The Bertz CT molecular complexity index is 783. The van der Waals surface area contributed by atoms with Gasteiger partial charge in [-0.1, -0.05) is 0 Å². The van der Waals surface area contributed by atoms with Crippen LogP contribution in [0.4, 0.5) is 0 Å². The molecule has 7 nitrogen and oxygen atoms in total. The van der Waals surface area contributed by atoms with Crippen LogP contribution in [0.1, 0.15) is 40.0 Å². The molecule has 1 saturated heterocycles. The summed E-state index contributed by atoms with van der Waals surface area (Å²) in [7, 11) is 0. The molecule has 1 atom stereocenters. The molecule has 0 bridgehead atoms. The molecule has 0 aliphatic carbocycles. The van der Waals surface area contributed by atoms with Crippen LogP contribution in [0.25, 0.3) is 0 Å². The molecule has 8 heteroatoms. The monoisotopic (exact) mass is 362 g/mol. The Morgan fingerprint density at radius 3 is 2.88 bits per heavy atom. The number of carboxylic acid groups (broad SMARTS) is 1. The molecule has 1 fully saturated rings. The van der Waals surface area contributed by atoms with Gasteiger partial charge in [-0.15, -0.1) is 11.3 Å². The van der Waals surface area contributed by atoms with E-state index in [1.165, 1.54) is 4.68 Å².